The minimum atomic E-state index is -0.557. The number of carbonyl (C=O) groups excluding carboxylic acids is 1. The third kappa shape index (κ3) is 3.44. The molecule has 2 heterocycles. The van der Waals surface area contributed by atoms with E-state index in [0.29, 0.717) is 22.8 Å². The van der Waals surface area contributed by atoms with Gasteiger partial charge >= 0.3 is 0 Å². The van der Waals surface area contributed by atoms with E-state index in [1.54, 1.807) is 18.3 Å². The number of nitrogens with one attached hydrogen (secondary N) is 1. The Kier molecular flexibility index (Phi) is 4.97. The predicted molar refractivity (Wildman–Crippen MR) is 110 cm³/mol. The molecule has 2 aromatic heterocycles. The number of rotatable bonds is 3. The number of hydrogen-bond acceptors (Lipinski definition) is 4. The second-order valence-corrected chi connectivity index (χ2v) is 8.75. The number of aryl methyl sites for hydroxylation is 2. The van der Waals surface area contributed by atoms with Crippen molar-refractivity contribution in [3.63, 3.8) is 0 Å². The van der Waals surface area contributed by atoms with Crippen LogP contribution in [0.5, 0.6) is 0 Å². The van der Waals surface area contributed by atoms with Crippen molar-refractivity contribution in [2.45, 2.75) is 39.7 Å². The van der Waals surface area contributed by atoms with E-state index in [-0.39, 0.29) is 17.1 Å². The highest BCUT2D eigenvalue weighted by Gasteiger charge is 2.24. The molecule has 0 radical (unpaired) electrons. The minimum absolute atomic E-state index is 0.0756. The summed E-state index contributed by atoms with van der Waals surface area (Å²) in [6.45, 7) is 3.78. The fourth-order valence-electron chi connectivity index (χ4n) is 3.63. The van der Waals surface area contributed by atoms with Crippen LogP contribution in [0.25, 0.3) is 10.2 Å². The van der Waals surface area contributed by atoms with Crippen LogP contribution in [0, 0.1) is 18.7 Å². The van der Waals surface area contributed by atoms with Crippen LogP contribution in [-0.2, 0) is 24.2 Å². The van der Waals surface area contributed by atoms with Gasteiger partial charge in [-0.2, -0.15) is 0 Å². The monoisotopic (exact) mass is 419 g/mol. The van der Waals surface area contributed by atoms with Crippen LogP contribution in [0.4, 0.5) is 10.1 Å². The lowest BCUT2D eigenvalue weighted by Gasteiger charge is -2.17. The second kappa shape index (κ2) is 7.29. The maximum absolute atomic E-state index is 13.3. The number of anilines is 1. The van der Waals surface area contributed by atoms with Gasteiger partial charge in [0.2, 0.25) is 5.91 Å². The van der Waals surface area contributed by atoms with Crippen molar-refractivity contribution < 1.29 is 9.18 Å². The number of carbonyl (C=O) groups is 1. The summed E-state index contributed by atoms with van der Waals surface area (Å²) in [5.41, 5.74) is 1.29. The van der Waals surface area contributed by atoms with Crippen molar-refractivity contribution in [1.82, 2.24) is 9.55 Å². The van der Waals surface area contributed by atoms with Gasteiger partial charge in [-0.05, 0) is 55.9 Å². The Morgan fingerprint density at radius 3 is 3.00 bits per heavy atom. The van der Waals surface area contributed by atoms with Crippen LogP contribution >= 0.6 is 22.9 Å². The molecular formula is C20H19ClFN3O2S. The van der Waals surface area contributed by atoms with Gasteiger partial charge in [-0.1, -0.05) is 18.5 Å². The first kappa shape index (κ1) is 19.1. The average molecular weight is 420 g/mol. The summed E-state index contributed by atoms with van der Waals surface area (Å²) in [6, 6.07) is 3.94. The molecule has 28 heavy (non-hydrogen) atoms. The normalized spacial score (nSPS) is 16.2. The van der Waals surface area contributed by atoms with Crippen LogP contribution in [-0.4, -0.2) is 15.5 Å². The van der Waals surface area contributed by atoms with Crippen molar-refractivity contribution in [3.8, 4) is 0 Å². The highest BCUT2D eigenvalue weighted by Crippen LogP contribution is 2.35. The van der Waals surface area contributed by atoms with Crippen molar-refractivity contribution in [1.29, 1.82) is 0 Å². The van der Waals surface area contributed by atoms with Crippen LogP contribution in [0.2, 0.25) is 5.02 Å². The molecule has 1 unspecified atom stereocenters. The Morgan fingerprint density at radius 1 is 1.46 bits per heavy atom. The number of benzene rings is 1. The quantitative estimate of drug-likeness (QED) is 0.687. The summed E-state index contributed by atoms with van der Waals surface area (Å²) in [6.07, 6.45) is 2.90. The van der Waals surface area contributed by atoms with E-state index < -0.39 is 11.7 Å². The Hall–Kier alpha value is -2.25. The van der Waals surface area contributed by atoms with Crippen LogP contribution in [0.1, 0.15) is 29.6 Å². The van der Waals surface area contributed by atoms with Gasteiger partial charge < -0.3 is 5.32 Å². The standard InChI is InChI=1S/C20H19ClFN3O2S/c1-10-3-5-13-16(7-10)28-19-18(13)20(27)25(11(2)23-19)9-17(26)24-12-4-6-15(22)14(21)8-12/h4,6,8,10H,3,5,7,9H2,1-2H3,(H,24,26). The zero-order valence-corrected chi connectivity index (χ0v) is 17.1. The van der Waals surface area contributed by atoms with Crippen LogP contribution in [0.15, 0.2) is 23.0 Å². The fraction of sp³-hybridized carbons (Fsp3) is 0.350. The topological polar surface area (TPSA) is 64.0 Å². The molecule has 0 saturated heterocycles. The van der Waals surface area contributed by atoms with Gasteiger partial charge in [0.25, 0.3) is 5.56 Å². The summed E-state index contributed by atoms with van der Waals surface area (Å²) in [7, 11) is 0. The smallest absolute Gasteiger partial charge is 0.263 e. The fourth-order valence-corrected chi connectivity index (χ4v) is 5.23. The molecule has 3 aromatic rings. The van der Waals surface area contributed by atoms with Crippen molar-refractivity contribution in [2.24, 2.45) is 5.92 Å². The first-order chi connectivity index (χ1) is 13.3. The molecule has 1 aliphatic rings. The molecule has 0 saturated carbocycles. The molecule has 0 fully saturated rings. The van der Waals surface area contributed by atoms with Gasteiger partial charge in [-0.15, -0.1) is 11.3 Å². The molecule has 1 aromatic carbocycles. The number of fused-ring (bicyclic) bond motifs is 3. The number of aromatic nitrogens is 2. The van der Waals surface area contributed by atoms with E-state index in [1.807, 2.05) is 0 Å². The Morgan fingerprint density at radius 2 is 2.25 bits per heavy atom. The Balaban J connectivity index is 1.65. The summed E-state index contributed by atoms with van der Waals surface area (Å²) in [4.78, 5) is 32.2. The third-order valence-corrected chi connectivity index (χ3v) is 6.55. The zero-order valence-electron chi connectivity index (χ0n) is 15.5. The van der Waals surface area contributed by atoms with Gasteiger partial charge in [-0.25, -0.2) is 9.37 Å². The summed E-state index contributed by atoms with van der Waals surface area (Å²) >= 11 is 7.34. The van der Waals surface area contributed by atoms with Gasteiger partial charge in [0.05, 0.1) is 10.4 Å². The summed E-state index contributed by atoms with van der Waals surface area (Å²) < 4.78 is 14.7. The minimum Gasteiger partial charge on any atom is -0.324 e. The first-order valence-corrected chi connectivity index (χ1v) is 10.3. The van der Waals surface area contributed by atoms with Crippen LogP contribution < -0.4 is 10.9 Å². The van der Waals surface area contributed by atoms with Crippen molar-refractivity contribution >= 4 is 44.7 Å². The van der Waals surface area contributed by atoms with Crippen molar-refractivity contribution in [2.75, 3.05) is 5.32 Å². The lowest BCUT2D eigenvalue weighted by Crippen LogP contribution is -2.30. The Labute approximate surface area is 170 Å². The molecule has 146 valence electrons. The molecule has 8 heteroatoms. The van der Waals surface area contributed by atoms with E-state index in [0.717, 1.165) is 29.7 Å². The van der Waals surface area contributed by atoms with Crippen LogP contribution in [0.3, 0.4) is 0 Å². The van der Waals surface area contributed by atoms with E-state index >= 15 is 0 Å². The number of hydrogen-bond donors (Lipinski definition) is 1. The molecule has 0 spiro atoms. The van der Waals surface area contributed by atoms with Gasteiger partial charge in [0.1, 0.15) is 23.0 Å². The first-order valence-electron chi connectivity index (χ1n) is 9.10. The second-order valence-electron chi connectivity index (χ2n) is 7.26. The SMILES string of the molecule is Cc1nc2sc3c(c2c(=O)n1CC(=O)Nc1ccc(F)c(Cl)c1)CCC(C)C3. The maximum Gasteiger partial charge on any atom is 0.263 e. The molecule has 4 rings (SSSR count). The zero-order chi connectivity index (χ0) is 20.0. The molecular weight excluding hydrogens is 401 g/mol. The lowest BCUT2D eigenvalue weighted by atomic mass is 9.89. The van der Waals surface area contributed by atoms with E-state index in [1.165, 1.54) is 27.6 Å². The maximum atomic E-state index is 13.3. The Bertz CT molecular complexity index is 1150. The highest BCUT2D eigenvalue weighted by atomic mass is 35.5. The number of halogens is 2. The van der Waals surface area contributed by atoms with Crippen molar-refractivity contribution in [3.05, 3.63) is 55.7 Å². The molecule has 0 bridgehead atoms. The molecule has 1 amide bonds. The molecule has 5 nitrogen and oxygen atoms in total. The number of nitrogens with zero attached hydrogens (tertiary/aromatic N) is 2. The molecule has 1 atom stereocenters. The number of thiophene rings is 1. The average Bonchev–Trinajstić information content (AvgIpc) is 2.98. The van der Waals surface area contributed by atoms with Gasteiger partial charge in [0, 0.05) is 10.6 Å². The summed E-state index contributed by atoms with van der Waals surface area (Å²) in [5, 5.41) is 3.22. The van der Waals surface area contributed by atoms with Gasteiger partial charge in [0.15, 0.2) is 0 Å². The predicted octanol–water partition coefficient (Wildman–Crippen LogP) is 4.32. The van der Waals surface area contributed by atoms with E-state index in [4.69, 9.17) is 11.6 Å². The largest absolute Gasteiger partial charge is 0.324 e. The molecule has 1 aliphatic carbocycles. The third-order valence-electron chi connectivity index (χ3n) is 5.11. The molecule has 1 N–H and O–H groups in total. The summed E-state index contributed by atoms with van der Waals surface area (Å²) in [5.74, 6) is 0.151. The molecule has 0 aliphatic heterocycles. The highest BCUT2D eigenvalue weighted by molar-refractivity contribution is 7.18. The number of amides is 1. The lowest BCUT2D eigenvalue weighted by molar-refractivity contribution is -0.116. The van der Waals surface area contributed by atoms with E-state index in [9.17, 15) is 14.0 Å². The van der Waals surface area contributed by atoms with E-state index in [2.05, 4.69) is 17.2 Å². The van der Waals surface area contributed by atoms with Gasteiger partial charge in [-0.3, -0.25) is 14.2 Å².